The number of furan rings is 1. The van der Waals surface area contributed by atoms with E-state index in [1.165, 1.54) is 27.8 Å². The third-order valence-corrected chi connectivity index (χ3v) is 5.86. The highest BCUT2D eigenvalue weighted by atomic mass is 16.3. The summed E-state index contributed by atoms with van der Waals surface area (Å²) in [6, 6.07) is 20.4. The lowest BCUT2D eigenvalue weighted by atomic mass is 9.85. The van der Waals surface area contributed by atoms with Crippen LogP contribution in [0, 0.1) is 19.8 Å². The van der Waals surface area contributed by atoms with Crippen LogP contribution in [0.5, 0.6) is 0 Å². The number of hydrogen-bond donors (Lipinski definition) is 0. The average molecular weight is 383 g/mol. The van der Waals surface area contributed by atoms with Crippen LogP contribution in [0.15, 0.2) is 89.1 Å². The van der Waals surface area contributed by atoms with Gasteiger partial charge in [-0.25, -0.2) is 0 Å². The molecule has 2 aromatic carbocycles. The normalized spacial score (nSPS) is 15.9. The van der Waals surface area contributed by atoms with Gasteiger partial charge in [0.15, 0.2) is 5.78 Å². The fourth-order valence-corrected chi connectivity index (χ4v) is 4.00. The fourth-order valence-electron chi connectivity index (χ4n) is 4.00. The second-order valence-electron chi connectivity index (χ2n) is 7.79. The predicted octanol–water partition coefficient (Wildman–Crippen LogP) is 6.74. The highest BCUT2D eigenvalue weighted by molar-refractivity contribution is 5.96. The van der Waals surface area contributed by atoms with Gasteiger partial charge in [-0.15, -0.1) is 0 Å². The molecule has 4 rings (SSSR count). The summed E-state index contributed by atoms with van der Waals surface area (Å²) in [5.74, 6) is 1.43. The maximum atomic E-state index is 12.8. The van der Waals surface area contributed by atoms with Crippen LogP contribution in [-0.4, -0.2) is 5.78 Å². The van der Waals surface area contributed by atoms with Crippen LogP contribution in [0.4, 0.5) is 0 Å². The summed E-state index contributed by atoms with van der Waals surface area (Å²) in [6.45, 7) is 4.13. The third kappa shape index (κ3) is 4.32. The van der Waals surface area contributed by atoms with Crippen LogP contribution >= 0.6 is 0 Å². The van der Waals surface area contributed by atoms with E-state index in [1.54, 1.807) is 6.26 Å². The van der Waals surface area contributed by atoms with Crippen molar-refractivity contribution in [1.29, 1.82) is 0 Å². The summed E-state index contributed by atoms with van der Waals surface area (Å²) < 4.78 is 5.63. The number of aryl methyl sites for hydroxylation is 2. The number of allylic oxidation sites excluding steroid dienone is 4. The molecular weight excluding hydrogens is 356 g/mol. The van der Waals surface area contributed by atoms with Gasteiger partial charge < -0.3 is 4.42 Å². The molecule has 0 spiro atoms. The van der Waals surface area contributed by atoms with Gasteiger partial charge in [0.1, 0.15) is 5.76 Å². The molecule has 1 atom stereocenters. The SMILES string of the molecule is Cc1ccc(C(=O)CCC2=CC=C(c3ccccc3)C2Cc2ccco2)cc1C. The minimum absolute atomic E-state index is 0.207. The minimum atomic E-state index is 0.207. The van der Waals surface area contributed by atoms with E-state index in [-0.39, 0.29) is 11.7 Å². The van der Waals surface area contributed by atoms with E-state index in [1.807, 2.05) is 36.4 Å². The number of rotatable bonds is 7. The van der Waals surface area contributed by atoms with E-state index in [2.05, 4.69) is 50.3 Å². The molecule has 2 heteroatoms. The zero-order chi connectivity index (χ0) is 20.2. The molecule has 2 nitrogen and oxygen atoms in total. The standard InChI is InChI=1S/C27H26O2/c1-19-10-11-23(17-20(19)2)27(28)15-13-22-12-14-25(21-7-4-3-5-8-21)26(22)18-24-9-6-16-29-24/h3-12,14,16-17,26H,13,15,18H2,1-2H3. The van der Waals surface area contributed by atoms with Gasteiger partial charge in [-0.3, -0.25) is 4.79 Å². The predicted molar refractivity (Wildman–Crippen MR) is 118 cm³/mol. The first-order valence-electron chi connectivity index (χ1n) is 10.2. The molecule has 0 fully saturated rings. The van der Waals surface area contributed by atoms with Gasteiger partial charge in [0.25, 0.3) is 0 Å². The molecule has 0 aliphatic heterocycles. The first-order valence-corrected chi connectivity index (χ1v) is 10.2. The van der Waals surface area contributed by atoms with Crippen molar-refractivity contribution in [3.63, 3.8) is 0 Å². The molecular formula is C27H26O2. The van der Waals surface area contributed by atoms with Crippen LogP contribution in [0.2, 0.25) is 0 Å². The quantitative estimate of drug-likeness (QED) is 0.423. The van der Waals surface area contributed by atoms with Crippen LogP contribution < -0.4 is 0 Å². The van der Waals surface area contributed by atoms with E-state index in [9.17, 15) is 4.79 Å². The van der Waals surface area contributed by atoms with E-state index in [0.29, 0.717) is 6.42 Å². The lowest BCUT2D eigenvalue weighted by Crippen LogP contribution is -2.09. The summed E-state index contributed by atoms with van der Waals surface area (Å²) in [6.07, 6.45) is 8.24. The molecule has 1 aromatic heterocycles. The Morgan fingerprint density at radius 3 is 2.48 bits per heavy atom. The van der Waals surface area contributed by atoms with E-state index in [0.717, 1.165) is 24.2 Å². The van der Waals surface area contributed by atoms with E-state index >= 15 is 0 Å². The third-order valence-electron chi connectivity index (χ3n) is 5.86. The minimum Gasteiger partial charge on any atom is -0.469 e. The summed E-state index contributed by atoms with van der Waals surface area (Å²) in [7, 11) is 0. The Morgan fingerprint density at radius 1 is 0.931 bits per heavy atom. The molecule has 1 aliphatic carbocycles. The Labute approximate surface area is 172 Å². The van der Waals surface area contributed by atoms with E-state index in [4.69, 9.17) is 4.42 Å². The highest BCUT2D eigenvalue weighted by Gasteiger charge is 2.26. The van der Waals surface area contributed by atoms with Gasteiger partial charge in [0.2, 0.25) is 0 Å². The molecule has 3 aromatic rings. The number of benzene rings is 2. The Bertz CT molecular complexity index is 1050. The number of hydrogen-bond acceptors (Lipinski definition) is 2. The molecule has 0 bridgehead atoms. The topological polar surface area (TPSA) is 30.2 Å². The Kier molecular flexibility index (Phi) is 5.62. The number of ketones is 1. The first-order chi connectivity index (χ1) is 14.1. The average Bonchev–Trinajstić information content (AvgIpc) is 3.39. The van der Waals surface area contributed by atoms with Gasteiger partial charge in [-0.2, -0.15) is 0 Å². The van der Waals surface area contributed by atoms with Crippen molar-refractivity contribution in [2.24, 2.45) is 5.92 Å². The fraction of sp³-hybridized carbons (Fsp3) is 0.222. The maximum absolute atomic E-state index is 12.8. The number of Topliss-reactive ketones (excluding diaryl/α,β-unsaturated/α-hetero) is 1. The molecule has 1 heterocycles. The van der Waals surface area contributed by atoms with E-state index < -0.39 is 0 Å². The zero-order valence-corrected chi connectivity index (χ0v) is 17.0. The van der Waals surface area contributed by atoms with Gasteiger partial charge in [0, 0.05) is 24.3 Å². The zero-order valence-electron chi connectivity index (χ0n) is 17.0. The molecule has 1 aliphatic rings. The molecule has 0 radical (unpaired) electrons. The van der Waals surface area contributed by atoms with Gasteiger partial charge in [0.05, 0.1) is 6.26 Å². The van der Waals surface area contributed by atoms with Crippen molar-refractivity contribution >= 4 is 11.4 Å². The monoisotopic (exact) mass is 382 g/mol. The summed E-state index contributed by atoms with van der Waals surface area (Å²) in [5, 5.41) is 0. The van der Waals surface area contributed by atoms with Crippen LogP contribution in [0.1, 0.15) is 45.7 Å². The van der Waals surface area contributed by atoms with Crippen molar-refractivity contribution in [2.45, 2.75) is 33.1 Å². The summed E-state index contributed by atoms with van der Waals surface area (Å²) in [5.41, 5.74) is 7.03. The molecule has 0 saturated heterocycles. The van der Waals surface area contributed by atoms with Crippen molar-refractivity contribution in [3.05, 3.63) is 113 Å². The summed E-state index contributed by atoms with van der Waals surface area (Å²) in [4.78, 5) is 12.8. The van der Waals surface area contributed by atoms with Gasteiger partial charge in [-0.05, 0) is 60.7 Å². The second-order valence-corrected chi connectivity index (χ2v) is 7.79. The lowest BCUT2D eigenvalue weighted by Gasteiger charge is -2.19. The molecule has 0 amide bonds. The first kappa shape index (κ1) is 19.2. The molecule has 1 unspecified atom stereocenters. The maximum Gasteiger partial charge on any atom is 0.163 e. The Morgan fingerprint density at radius 2 is 1.76 bits per heavy atom. The summed E-state index contributed by atoms with van der Waals surface area (Å²) >= 11 is 0. The van der Waals surface area contributed by atoms with Crippen LogP contribution in [0.3, 0.4) is 0 Å². The molecule has 146 valence electrons. The largest absolute Gasteiger partial charge is 0.469 e. The molecule has 0 saturated carbocycles. The molecule has 29 heavy (non-hydrogen) atoms. The number of carbonyl (C=O) groups excluding carboxylic acids is 1. The van der Waals surface area contributed by atoms with Crippen molar-refractivity contribution in [2.75, 3.05) is 0 Å². The second kappa shape index (κ2) is 8.48. The smallest absolute Gasteiger partial charge is 0.163 e. The van der Waals surface area contributed by atoms with Crippen LogP contribution in [-0.2, 0) is 6.42 Å². The van der Waals surface area contributed by atoms with Crippen molar-refractivity contribution in [3.8, 4) is 0 Å². The van der Waals surface area contributed by atoms with Gasteiger partial charge >= 0.3 is 0 Å². The lowest BCUT2D eigenvalue weighted by molar-refractivity contribution is 0.0982. The Hall–Kier alpha value is -3.13. The van der Waals surface area contributed by atoms with Crippen molar-refractivity contribution < 1.29 is 9.21 Å². The number of carbonyl (C=O) groups is 1. The van der Waals surface area contributed by atoms with Crippen molar-refractivity contribution in [1.82, 2.24) is 0 Å². The highest BCUT2D eigenvalue weighted by Crippen LogP contribution is 2.39. The van der Waals surface area contributed by atoms with Gasteiger partial charge in [-0.1, -0.05) is 60.2 Å². The Balaban J connectivity index is 1.50. The molecule has 0 N–H and O–H groups in total. The van der Waals surface area contributed by atoms with Crippen LogP contribution in [0.25, 0.3) is 5.57 Å².